The number of benzene rings is 1. The molecule has 0 atom stereocenters. The standard InChI is InChI=1S/C21H25N5O/c27-21(23-15-18-5-3-4-10-22-18)17-8-11-25(12-9-17)13-14-26-16-24-19-6-1-2-7-20(19)26/h1-7,10,16-17H,8-9,11-15H2,(H,23,27). The molecule has 0 radical (unpaired) electrons. The van der Waals surface area contributed by atoms with E-state index in [2.05, 4.69) is 36.9 Å². The second kappa shape index (κ2) is 8.31. The Morgan fingerprint density at radius 1 is 1.04 bits per heavy atom. The lowest BCUT2D eigenvalue weighted by Gasteiger charge is -2.31. The lowest BCUT2D eigenvalue weighted by Crippen LogP contribution is -2.41. The summed E-state index contributed by atoms with van der Waals surface area (Å²) in [5.74, 6) is 0.264. The molecule has 3 heterocycles. The molecule has 1 N–H and O–H groups in total. The smallest absolute Gasteiger partial charge is 0.223 e. The SMILES string of the molecule is O=C(NCc1ccccn1)C1CCN(CCn2cnc3ccccc32)CC1. The van der Waals surface area contributed by atoms with Gasteiger partial charge in [-0.1, -0.05) is 18.2 Å². The first kappa shape index (κ1) is 17.7. The molecule has 1 amide bonds. The summed E-state index contributed by atoms with van der Waals surface area (Å²) < 4.78 is 2.21. The average molecular weight is 363 g/mol. The van der Waals surface area contributed by atoms with E-state index in [0.29, 0.717) is 6.54 Å². The molecule has 0 unspecified atom stereocenters. The zero-order valence-corrected chi connectivity index (χ0v) is 15.4. The molecule has 6 nitrogen and oxygen atoms in total. The number of carbonyl (C=O) groups excluding carboxylic acids is 1. The molecule has 6 heteroatoms. The number of amides is 1. The predicted molar refractivity (Wildman–Crippen MR) is 105 cm³/mol. The number of nitrogens with zero attached hydrogens (tertiary/aromatic N) is 4. The summed E-state index contributed by atoms with van der Waals surface area (Å²) in [5, 5.41) is 3.03. The average Bonchev–Trinajstić information content (AvgIpc) is 3.15. The molecule has 0 spiro atoms. The molecule has 1 fully saturated rings. The Morgan fingerprint density at radius 3 is 2.67 bits per heavy atom. The normalized spacial score (nSPS) is 15.9. The fourth-order valence-electron chi connectivity index (χ4n) is 3.68. The van der Waals surface area contributed by atoms with Gasteiger partial charge in [0.25, 0.3) is 0 Å². The van der Waals surface area contributed by atoms with E-state index < -0.39 is 0 Å². The van der Waals surface area contributed by atoms with Crippen LogP contribution in [0.1, 0.15) is 18.5 Å². The summed E-state index contributed by atoms with van der Waals surface area (Å²) >= 11 is 0. The van der Waals surface area contributed by atoms with E-state index in [-0.39, 0.29) is 11.8 Å². The molecule has 0 saturated carbocycles. The van der Waals surface area contributed by atoms with Gasteiger partial charge in [0.05, 0.1) is 29.6 Å². The van der Waals surface area contributed by atoms with Gasteiger partial charge >= 0.3 is 0 Å². The zero-order chi connectivity index (χ0) is 18.5. The second-order valence-electron chi connectivity index (χ2n) is 7.08. The van der Waals surface area contributed by atoms with Gasteiger partial charge in [0.2, 0.25) is 5.91 Å². The van der Waals surface area contributed by atoms with Crippen molar-refractivity contribution in [3.8, 4) is 0 Å². The van der Waals surface area contributed by atoms with E-state index in [1.54, 1.807) is 6.20 Å². The number of aromatic nitrogens is 3. The van der Waals surface area contributed by atoms with Crippen molar-refractivity contribution >= 4 is 16.9 Å². The van der Waals surface area contributed by atoms with Gasteiger partial charge in [0.15, 0.2) is 0 Å². The molecule has 0 bridgehead atoms. The largest absolute Gasteiger partial charge is 0.350 e. The van der Waals surface area contributed by atoms with E-state index in [0.717, 1.165) is 50.2 Å². The number of pyridine rings is 1. The molecule has 4 rings (SSSR count). The molecule has 27 heavy (non-hydrogen) atoms. The van der Waals surface area contributed by atoms with E-state index >= 15 is 0 Å². The summed E-state index contributed by atoms with van der Waals surface area (Å²) in [5.41, 5.74) is 3.12. The number of carbonyl (C=O) groups is 1. The van der Waals surface area contributed by atoms with Crippen molar-refractivity contribution in [1.82, 2.24) is 24.8 Å². The molecule has 2 aromatic heterocycles. The quantitative estimate of drug-likeness (QED) is 0.731. The molecular formula is C21H25N5O. The Morgan fingerprint density at radius 2 is 1.85 bits per heavy atom. The molecule has 0 aliphatic carbocycles. The van der Waals surface area contributed by atoms with Crippen LogP contribution in [-0.2, 0) is 17.9 Å². The maximum atomic E-state index is 12.4. The van der Waals surface area contributed by atoms with Crippen molar-refractivity contribution < 1.29 is 4.79 Å². The molecule has 3 aromatic rings. The second-order valence-corrected chi connectivity index (χ2v) is 7.08. The summed E-state index contributed by atoms with van der Waals surface area (Å²) in [6.07, 6.45) is 5.50. The minimum absolute atomic E-state index is 0.110. The van der Waals surface area contributed by atoms with Crippen LogP contribution < -0.4 is 5.32 Å². The monoisotopic (exact) mass is 363 g/mol. The topological polar surface area (TPSA) is 63.1 Å². The highest BCUT2D eigenvalue weighted by Crippen LogP contribution is 2.18. The molecular weight excluding hydrogens is 338 g/mol. The van der Waals surface area contributed by atoms with Gasteiger partial charge in [-0.05, 0) is 50.2 Å². The molecule has 1 aromatic carbocycles. The van der Waals surface area contributed by atoms with Crippen LogP contribution in [0.3, 0.4) is 0 Å². The highest BCUT2D eigenvalue weighted by Gasteiger charge is 2.24. The summed E-state index contributed by atoms with van der Waals surface area (Å²) in [7, 11) is 0. The first-order valence-electron chi connectivity index (χ1n) is 9.59. The number of rotatable bonds is 6. The van der Waals surface area contributed by atoms with Crippen molar-refractivity contribution in [3.63, 3.8) is 0 Å². The van der Waals surface area contributed by atoms with Crippen molar-refractivity contribution in [3.05, 3.63) is 60.7 Å². The Balaban J connectivity index is 1.22. The molecule has 1 saturated heterocycles. The third-order valence-corrected chi connectivity index (χ3v) is 5.31. The van der Waals surface area contributed by atoms with E-state index in [1.807, 2.05) is 36.7 Å². The fraction of sp³-hybridized carbons (Fsp3) is 0.381. The van der Waals surface area contributed by atoms with Crippen LogP contribution in [0.15, 0.2) is 55.0 Å². The summed E-state index contributed by atoms with van der Waals surface area (Å²) in [6.45, 7) is 4.36. The van der Waals surface area contributed by atoms with Gasteiger partial charge in [-0.15, -0.1) is 0 Å². The van der Waals surface area contributed by atoms with Crippen LogP contribution in [0.25, 0.3) is 11.0 Å². The van der Waals surface area contributed by atoms with Crippen molar-refractivity contribution in [1.29, 1.82) is 0 Å². The van der Waals surface area contributed by atoms with Gasteiger partial charge in [-0.2, -0.15) is 0 Å². The number of imidazole rings is 1. The minimum Gasteiger partial charge on any atom is -0.350 e. The van der Waals surface area contributed by atoms with E-state index in [1.165, 1.54) is 5.52 Å². The van der Waals surface area contributed by atoms with Crippen LogP contribution in [0.2, 0.25) is 0 Å². The summed E-state index contributed by atoms with van der Waals surface area (Å²) in [4.78, 5) is 23.5. The first-order valence-corrected chi connectivity index (χ1v) is 9.59. The van der Waals surface area contributed by atoms with Crippen LogP contribution in [-0.4, -0.2) is 45.0 Å². The number of likely N-dealkylation sites (tertiary alicyclic amines) is 1. The number of hydrogen-bond donors (Lipinski definition) is 1. The number of para-hydroxylation sites is 2. The van der Waals surface area contributed by atoms with Gasteiger partial charge in [0, 0.05) is 25.2 Å². The van der Waals surface area contributed by atoms with Gasteiger partial charge < -0.3 is 14.8 Å². The van der Waals surface area contributed by atoms with Crippen LogP contribution >= 0.6 is 0 Å². The Kier molecular flexibility index (Phi) is 5.44. The zero-order valence-electron chi connectivity index (χ0n) is 15.4. The van der Waals surface area contributed by atoms with Crippen molar-refractivity contribution in [2.24, 2.45) is 5.92 Å². The van der Waals surface area contributed by atoms with Crippen molar-refractivity contribution in [2.75, 3.05) is 19.6 Å². The third-order valence-electron chi connectivity index (χ3n) is 5.31. The molecule has 140 valence electrons. The Hall–Kier alpha value is -2.73. The highest BCUT2D eigenvalue weighted by molar-refractivity contribution is 5.78. The van der Waals surface area contributed by atoms with Gasteiger partial charge in [-0.25, -0.2) is 4.98 Å². The molecule has 1 aliphatic rings. The lowest BCUT2D eigenvalue weighted by molar-refractivity contribution is -0.126. The first-order chi connectivity index (χ1) is 13.3. The van der Waals surface area contributed by atoms with Gasteiger partial charge in [-0.3, -0.25) is 9.78 Å². The van der Waals surface area contributed by atoms with E-state index in [4.69, 9.17) is 0 Å². The lowest BCUT2D eigenvalue weighted by atomic mass is 9.96. The highest BCUT2D eigenvalue weighted by atomic mass is 16.1. The minimum atomic E-state index is 0.110. The van der Waals surface area contributed by atoms with Crippen LogP contribution in [0.4, 0.5) is 0 Å². The third kappa shape index (κ3) is 4.34. The number of fused-ring (bicyclic) bond motifs is 1. The van der Waals surface area contributed by atoms with E-state index in [9.17, 15) is 4.79 Å². The Labute approximate surface area is 159 Å². The van der Waals surface area contributed by atoms with Crippen LogP contribution in [0, 0.1) is 5.92 Å². The van der Waals surface area contributed by atoms with Crippen molar-refractivity contribution in [2.45, 2.75) is 25.9 Å². The van der Waals surface area contributed by atoms with Gasteiger partial charge in [0.1, 0.15) is 0 Å². The number of hydrogen-bond acceptors (Lipinski definition) is 4. The molecule has 1 aliphatic heterocycles. The maximum absolute atomic E-state index is 12.4. The number of piperidine rings is 1. The Bertz CT molecular complexity index is 884. The fourth-order valence-corrected chi connectivity index (χ4v) is 3.68. The number of nitrogens with one attached hydrogen (secondary N) is 1. The maximum Gasteiger partial charge on any atom is 0.223 e. The predicted octanol–water partition coefficient (Wildman–Crippen LogP) is 2.46. The van der Waals surface area contributed by atoms with Crippen LogP contribution in [0.5, 0.6) is 0 Å². The summed E-state index contributed by atoms with van der Waals surface area (Å²) in [6, 6.07) is 14.0.